The van der Waals surface area contributed by atoms with Crippen molar-refractivity contribution in [3.05, 3.63) is 41.9 Å². The number of carbonyl (C=O) groups is 1. The number of ether oxygens (including phenoxy) is 1. The Morgan fingerprint density at radius 3 is 2.62 bits per heavy atom. The topological polar surface area (TPSA) is 127 Å². The van der Waals surface area contributed by atoms with Crippen LogP contribution in [0.4, 0.5) is 10.1 Å². The fourth-order valence-electron chi connectivity index (χ4n) is 3.36. The van der Waals surface area contributed by atoms with E-state index >= 15 is 0 Å². The maximum Gasteiger partial charge on any atom is 0.253 e. The molecule has 2 aliphatic carbocycles. The molecule has 154 valence electrons. The third kappa shape index (κ3) is 6.03. The van der Waals surface area contributed by atoms with Crippen LogP contribution in [0.15, 0.2) is 41.0 Å². The van der Waals surface area contributed by atoms with Gasteiger partial charge in [-0.15, -0.1) is 0 Å². The first-order valence-corrected chi connectivity index (χ1v) is 9.83. The number of nitrogens with one attached hydrogen (secondary N) is 1. The summed E-state index contributed by atoms with van der Waals surface area (Å²) < 4.78 is 18.9. The zero-order valence-electron chi connectivity index (χ0n) is 16.2. The molecule has 3 atom stereocenters. The van der Waals surface area contributed by atoms with Gasteiger partial charge in [-0.1, -0.05) is 0 Å². The quantitative estimate of drug-likeness (QED) is 0.351. The molecule has 0 aliphatic heterocycles. The van der Waals surface area contributed by atoms with Crippen LogP contribution in [0.3, 0.4) is 0 Å². The van der Waals surface area contributed by atoms with Crippen molar-refractivity contribution >= 4 is 17.4 Å². The lowest BCUT2D eigenvalue weighted by atomic mass is 9.83. The first kappa shape index (κ1) is 20.8. The normalized spacial score (nSPS) is 25.3. The molecule has 29 heavy (non-hydrogen) atoms. The van der Waals surface area contributed by atoms with Crippen molar-refractivity contribution in [1.29, 1.82) is 5.26 Å². The van der Waals surface area contributed by atoms with Crippen molar-refractivity contribution in [2.45, 2.75) is 44.2 Å². The molecule has 0 heterocycles. The number of benzene rings is 1. The zero-order chi connectivity index (χ0) is 20.8. The molecule has 0 bridgehead atoms. The standard InChI is InChI=1S/C21H26FN5O2/c22-15-3-5-16(6-4-15)27-20(24)18(21(25)28)11-26-19-8-7-17(9-14(19)10-23)29-12-13-1-2-13/h3-6,11,13-14,17,19,26H,1-2,7-9,12H2,(H2,24,27)(H2,25,28)/b18-11+/t14?,17-,19+/m0/s1. The molecule has 8 heteroatoms. The highest BCUT2D eigenvalue weighted by Crippen LogP contribution is 2.32. The van der Waals surface area contributed by atoms with Gasteiger partial charge in [-0.3, -0.25) is 4.79 Å². The maximum atomic E-state index is 13.0. The van der Waals surface area contributed by atoms with Crippen molar-refractivity contribution in [2.24, 2.45) is 28.3 Å². The zero-order valence-corrected chi connectivity index (χ0v) is 16.2. The molecule has 1 amide bonds. The van der Waals surface area contributed by atoms with Crippen LogP contribution in [0, 0.1) is 29.0 Å². The molecule has 0 spiro atoms. The van der Waals surface area contributed by atoms with Gasteiger partial charge in [0.05, 0.1) is 29.4 Å². The molecule has 2 saturated carbocycles. The van der Waals surface area contributed by atoms with Crippen LogP contribution in [-0.4, -0.2) is 30.5 Å². The van der Waals surface area contributed by atoms with Gasteiger partial charge in [0.1, 0.15) is 11.7 Å². The highest BCUT2D eigenvalue weighted by molar-refractivity contribution is 6.20. The van der Waals surface area contributed by atoms with Gasteiger partial charge in [0.2, 0.25) is 0 Å². The van der Waals surface area contributed by atoms with E-state index in [1.807, 2.05) is 0 Å². The van der Waals surface area contributed by atoms with Crippen molar-refractivity contribution in [1.82, 2.24) is 5.32 Å². The van der Waals surface area contributed by atoms with Crippen molar-refractivity contribution in [2.75, 3.05) is 6.61 Å². The number of nitrogens with zero attached hydrogens (tertiary/aromatic N) is 2. The average molecular weight is 399 g/mol. The number of primary amides is 1. The Morgan fingerprint density at radius 1 is 1.28 bits per heavy atom. The fourth-order valence-corrected chi connectivity index (χ4v) is 3.36. The van der Waals surface area contributed by atoms with Gasteiger partial charge in [0, 0.05) is 18.8 Å². The van der Waals surface area contributed by atoms with E-state index in [9.17, 15) is 14.4 Å². The lowest BCUT2D eigenvalue weighted by Gasteiger charge is -2.32. The predicted octanol–water partition coefficient (Wildman–Crippen LogP) is 2.26. The SMILES string of the molecule is N#CC1C[C@@H](OCC2CC2)CC[C@H]1N/C=C(/C(N)=O)C(N)=Nc1ccc(F)cc1. The monoisotopic (exact) mass is 399 g/mol. The second-order valence-corrected chi connectivity index (χ2v) is 7.62. The molecule has 0 saturated heterocycles. The first-order valence-electron chi connectivity index (χ1n) is 9.83. The summed E-state index contributed by atoms with van der Waals surface area (Å²) in [7, 11) is 0. The molecule has 0 aromatic heterocycles. The maximum absolute atomic E-state index is 13.0. The van der Waals surface area contributed by atoms with Crippen molar-refractivity contribution < 1.29 is 13.9 Å². The highest BCUT2D eigenvalue weighted by atomic mass is 19.1. The molecule has 5 N–H and O–H groups in total. The Kier molecular flexibility index (Phi) is 6.83. The fraction of sp³-hybridized carbons (Fsp3) is 0.476. The Labute approximate surface area is 169 Å². The average Bonchev–Trinajstić information content (AvgIpc) is 3.53. The number of nitriles is 1. The number of halogens is 1. The number of amidine groups is 1. The molecule has 7 nitrogen and oxygen atoms in total. The van der Waals surface area contributed by atoms with Gasteiger partial charge in [0.15, 0.2) is 0 Å². The summed E-state index contributed by atoms with van der Waals surface area (Å²) in [5.74, 6) is -0.763. The number of aliphatic imine (C=N–C) groups is 1. The molecule has 0 radical (unpaired) electrons. The van der Waals surface area contributed by atoms with E-state index in [2.05, 4.69) is 16.4 Å². The van der Waals surface area contributed by atoms with E-state index in [-0.39, 0.29) is 29.5 Å². The first-order chi connectivity index (χ1) is 14.0. The van der Waals surface area contributed by atoms with Crippen LogP contribution >= 0.6 is 0 Å². The summed E-state index contributed by atoms with van der Waals surface area (Å²) in [6, 6.07) is 7.59. The lowest BCUT2D eigenvalue weighted by Crippen LogP contribution is -2.41. The molecule has 2 fully saturated rings. The van der Waals surface area contributed by atoms with Gasteiger partial charge < -0.3 is 21.5 Å². The Morgan fingerprint density at radius 2 is 2.00 bits per heavy atom. The predicted molar refractivity (Wildman–Crippen MR) is 107 cm³/mol. The second-order valence-electron chi connectivity index (χ2n) is 7.62. The third-order valence-electron chi connectivity index (χ3n) is 5.29. The van der Waals surface area contributed by atoms with E-state index < -0.39 is 11.7 Å². The van der Waals surface area contributed by atoms with E-state index in [0.717, 1.165) is 19.4 Å². The van der Waals surface area contributed by atoms with Crippen LogP contribution < -0.4 is 16.8 Å². The van der Waals surface area contributed by atoms with Crippen LogP contribution in [0.5, 0.6) is 0 Å². The van der Waals surface area contributed by atoms with Crippen LogP contribution in [-0.2, 0) is 9.53 Å². The van der Waals surface area contributed by atoms with Gasteiger partial charge >= 0.3 is 0 Å². The van der Waals surface area contributed by atoms with Crippen LogP contribution in [0.1, 0.15) is 32.1 Å². The van der Waals surface area contributed by atoms with Crippen molar-refractivity contribution in [3.63, 3.8) is 0 Å². The number of hydrogen-bond acceptors (Lipinski definition) is 5. The molecule has 3 rings (SSSR count). The number of carbonyl (C=O) groups excluding carboxylic acids is 1. The minimum Gasteiger partial charge on any atom is -0.386 e. The summed E-state index contributed by atoms with van der Waals surface area (Å²) in [5, 5.41) is 12.6. The third-order valence-corrected chi connectivity index (χ3v) is 5.29. The summed E-state index contributed by atoms with van der Waals surface area (Å²) in [4.78, 5) is 15.9. The van der Waals surface area contributed by atoms with Gasteiger partial charge in [-0.25, -0.2) is 9.38 Å². The minimum atomic E-state index is -0.740. The summed E-state index contributed by atoms with van der Waals surface area (Å²) in [5.41, 5.74) is 11.8. The van der Waals surface area contributed by atoms with Crippen LogP contribution in [0.2, 0.25) is 0 Å². The number of hydrogen-bond donors (Lipinski definition) is 3. The van der Waals surface area contributed by atoms with Gasteiger partial charge in [-0.2, -0.15) is 5.26 Å². The van der Waals surface area contributed by atoms with E-state index in [0.29, 0.717) is 18.0 Å². The van der Waals surface area contributed by atoms with Crippen LogP contribution in [0.25, 0.3) is 0 Å². The Bertz CT molecular complexity index is 826. The smallest absolute Gasteiger partial charge is 0.253 e. The van der Waals surface area contributed by atoms with Crippen molar-refractivity contribution in [3.8, 4) is 6.07 Å². The number of amides is 1. The van der Waals surface area contributed by atoms with E-state index in [4.69, 9.17) is 16.2 Å². The summed E-state index contributed by atoms with van der Waals surface area (Å²) >= 11 is 0. The Balaban J connectivity index is 1.63. The number of nitrogens with two attached hydrogens (primary N) is 2. The highest BCUT2D eigenvalue weighted by Gasteiger charge is 2.32. The molecule has 1 aromatic rings. The molecule has 1 unspecified atom stereocenters. The minimum absolute atomic E-state index is 0.0121. The number of rotatable bonds is 8. The molecule has 1 aromatic carbocycles. The van der Waals surface area contributed by atoms with E-state index in [1.54, 1.807) is 0 Å². The molecular formula is C21H26FN5O2. The summed E-state index contributed by atoms with van der Waals surface area (Å²) in [6.45, 7) is 0.781. The second kappa shape index (κ2) is 9.52. The molecule has 2 aliphatic rings. The lowest BCUT2D eigenvalue weighted by molar-refractivity contribution is -0.114. The van der Waals surface area contributed by atoms with Gasteiger partial charge in [0.25, 0.3) is 5.91 Å². The van der Waals surface area contributed by atoms with E-state index in [1.165, 1.54) is 43.3 Å². The molecular weight excluding hydrogens is 373 g/mol. The van der Waals surface area contributed by atoms with Gasteiger partial charge in [-0.05, 0) is 62.3 Å². The largest absolute Gasteiger partial charge is 0.386 e. The summed E-state index contributed by atoms with van der Waals surface area (Å²) in [6.07, 6.45) is 6.24. The Hall–Kier alpha value is -2.92.